The number of nitrogens with one attached hydrogen (secondary N) is 2. The minimum atomic E-state index is -1.19. The summed E-state index contributed by atoms with van der Waals surface area (Å²) in [4.78, 5) is 24.3. The summed E-state index contributed by atoms with van der Waals surface area (Å²) < 4.78 is 34.3. The molecule has 2 aromatic heterocycles. The zero-order chi connectivity index (χ0) is 22.8. The molecule has 2 aromatic carbocycles. The number of hydrogen-bond acceptors (Lipinski definition) is 4. The summed E-state index contributed by atoms with van der Waals surface area (Å²) in [6.45, 7) is 1.20. The highest BCUT2D eigenvalue weighted by Crippen LogP contribution is 2.28. The molecule has 162 valence electrons. The lowest BCUT2D eigenvalue weighted by Crippen LogP contribution is -2.16. The van der Waals surface area contributed by atoms with Gasteiger partial charge in [-0.1, -0.05) is 17.7 Å². The second-order valence-electron chi connectivity index (χ2n) is 6.73. The van der Waals surface area contributed by atoms with Crippen LogP contribution in [0.3, 0.4) is 0 Å². The van der Waals surface area contributed by atoms with E-state index in [1.54, 1.807) is 36.4 Å². The van der Waals surface area contributed by atoms with Crippen molar-refractivity contribution in [3.05, 3.63) is 83.2 Å². The highest BCUT2D eigenvalue weighted by Gasteiger charge is 2.20. The Bertz CT molecular complexity index is 1320. The summed E-state index contributed by atoms with van der Waals surface area (Å²) in [5.41, 5.74) is 0.797. The molecule has 0 aliphatic carbocycles. The van der Waals surface area contributed by atoms with E-state index in [4.69, 9.17) is 16.0 Å². The number of aromatic nitrogens is 2. The monoisotopic (exact) mass is 456 g/mol. The number of carbonyl (C=O) groups is 2. The van der Waals surface area contributed by atoms with Crippen LogP contribution in [-0.2, 0) is 4.79 Å². The van der Waals surface area contributed by atoms with Crippen molar-refractivity contribution >= 4 is 34.8 Å². The van der Waals surface area contributed by atoms with Crippen molar-refractivity contribution in [3.63, 3.8) is 0 Å². The van der Waals surface area contributed by atoms with E-state index in [0.717, 1.165) is 12.1 Å². The van der Waals surface area contributed by atoms with E-state index in [1.807, 2.05) is 0 Å². The van der Waals surface area contributed by atoms with Crippen LogP contribution in [0.15, 0.2) is 65.3 Å². The van der Waals surface area contributed by atoms with Gasteiger partial charge in [0.2, 0.25) is 5.91 Å². The Hall–Kier alpha value is -3.98. The van der Waals surface area contributed by atoms with Gasteiger partial charge in [0.05, 0.1) is 23.3 Å². The molecule has 0 saturated heterocycles. The first kappa shape index (κ1) is 21.3. The second kappa shape index (κ2) is 8.64. The number of amides is 2. The van der Waals surface area contributed by atoms with Crippen LogP contribution in [0.2, 0.25) is 5.02 Å². The highest BCUT2D eigenvalue weighted by atomic mass is 35.5. The third-order valence-corrected chi connectivity index (χ3v) is 4.62. The SMILES string of the molecule is CC(=O)Nc1cc(F)c(F)cc1NC(=O)c1cc(-c2ccco2)n(-c2cccc(Cl)c2)n1. The number of halogens is 3. The smallest absolute Gasteiger partial charge is 0.276 e. The first-order valence-corrected chi connectivity index (χ1v) is 9.67. The van der Waals surface area contributed by atoms with Gasteiger partial charge < -0.3 is 15.1 Å². The quantitative estimate of drug-likeness (QED) is 0.428. The molecule has 0 fully saturated rings. The maximum Gasteiger partial charge on any atom is 0.276 e. The van der Waals surface area contributed by atoms with Crippen molar-refractivity contribution < 1.29 is 22.8 Å². The van der Waals surface area contributed by atoms with Gasteiger partial charge in [-0.3, -0.25) is 9.59 Å². The Labute approximate surface area is 185 Å². The molecule has 7 nitrogen and oxygen atoms in total. The number of benzene rings is 2. The van der Waals surface area contributed by atoms with E-state index in [-0.39, 0.29) is 17.1 Å². The molecule has 0 atom stereocenters. The molecule has 2 N–H and O–H groups in total. The van der Waals surface area contributed by atoms with Gasteiger partial charge in [-0.25, -0.2) is 13.5 Å². The zero-order valence-corrected chi connectivity index (χ0v) is 17.3. The Balaban J connectivity index is 1.73. The van der Waals surface area contributed by atoms with E-state index in [1.165, 1.54) is 23.9 Å². The van der Waals surface area contributed by atoms with Crippen LogP contribution in [0.1, 0.15) is 17.4 Å². The average Bonchev–Trinajstić information content (AvgIpc) is 3.41. The van der Waals surface area contributed by atoms with Crippen molar-refractivity contribution in [3.8, 4) is 17.1 Å². The molecule has 2 heterocycles. The molecule has 0 unspecified atom stereocenters. The molecule has 0 aliphatic heterocycles. The molecular weight excluding hydrogens is 442 g/mol. The van der Waals surface area contributed by atoms with Crippen LogP contribution in [0, 0.1) is 11.6 Å². The summed E-state index contributed by atoms with van der Waals surface area (Å²) in [6.07, 6.45) is 1.48. The maximum absolute atomic E-state index is 13.8. The third kappa shape index (κ3) is 4.37. The van der Waals surface area contributed by atoms with Gasteiger partial charge in [-0.15, -0.1) is 0 Å². The van der Waals surface area contributed by atoms with E-state index < -0.39 is 23.4 Å². The van der Waals surface area contributed by atoms with E-state index in [2.05, 4.69) is 15.7 Å². The van der Waals surface area contributed by atoms with Crippen molar-refractivity contribution in [2.24, 2.45) is 0 Å². The van der Waals surface area contributed by atoms with Crippen LogP contribution in [0.4, 0.5) is 20.2 Å². The summed E-state index contributed by atoms with van der Waals surface area (Å²) in [6, 6.07) is 13.3. The van der Waals surface area contributed by atoms with Crippen LogP contribution in [-0.4, -0.2) is 21.6 Å². The Morgan fingerprint density at radius 3 is 2.34 bits per heavy atom. The number of carbonyl (C=O) groups excluding carboxylic acids is 2. The van der Waals surface area contributed by atoms with Crippen LogP contribution in [0.5, 0.6) is 0 Å². The van der Waals surface area contributed by atoms with E-state index >= 15 is 0 Å². The molecule has 4 rings (SSSR count). The van der Waals surface area contributed by atoms with Gasteiger partial charge >= 0.3 is 0 Å². The van der Waals surface area contributed by atoms with Gasteiger partial charge in [0.25, 0.3) is 5.91 Å². The van der Waals surface area contributed by atoms with Crippen LogP contribution < -0.4 is 10.6 Å². The summed E-state index contributed by atoms with van der Waals surface area (Å²) in [5, 5.41) is 9.61. The third-order valence-electron chi connectivity index (χ3n) is 4.39. The zero-order valence-electron chi connectivity index (χ0n) is 16.5. The van der Waals surface area contributed by atoms with Crippen molar-refractivity contribution in [1.82, 2.24) is 9.78 Å². The number of furan rings is 1. The molecule has 32 heavy (non-hydrogen) atoms. The fraction of sp³-hybridized carbons (Fsp3) is 0.0455. The number of rotatable bonds is 5. The number of hydrogen-bond donors (Lipinski definition) is 2. The lowest BCUT2D eigenvalue weighted by molar-refractivity contribution is -0.114. The molecule has 2 amide bonds. The predicted octanol–water partition coefficient (Wildman–Crippen LogP) is 5.27. The lowest BCUT2D eigenvalue weighted by atomic mass is 10.2. The molecular formula is C22H15ClF2N4O3. The summed E-state index contributed by atoms with van der Waals surface area (Å²) >= 11 is 6.09. The molecule has 0 aliphatic rings. The summed E-state index contributed by atoms with van der Waals surface area (Å²) in [5.74, 6) is -3.14. The maximum atomic E-state index is 13.8. The lowest BCUT2D eigenvalue weighted by Gasteiger charge is -2.11. The van der Waals surface area contributed by atoms with Crippen LogP contribution >= 0.6 is 11.6 Å². The van der Waals surface area contributed by atoms with Gasteiger partial charge in [-0.05, 0) is 30.3 Å². The second-order valence-corrected chi connectivity index (χ2v) is 7.17. The van der Waals surface area contributed by atoms with Crippen molar-refractivity contribution in [1.29, 1.82) is 0 Å². The molecule has 0 saturated carbocycles. The average molecular weight is 457 g/mol. The predicted molar refractivity (Wildman–Crippen MR) is 115 cm³/mol. The first-order chi connectivity index (χ1) is 15.3. The largest absolute Gasteiger partial charge is 0.463 e. The van der Waals surface area contributed by atoms with Crippen molar-refractivity contribution in [2.45, 2.75) is 6.92 Å². The molecule has 0 radical (unpaired) electrons. The van der Waals surface area contributed by atoms with E-state index in [9.17, 15) is 18.4 Å². The summed E-state index contributed by atoms with van der Waals surface area (Å²) in [7, 11) is 0. The van der Waals surface area contributed by atoms with Gasteiger partial charge in [0.15, 0.2) is 23.1 Å². The minimum Gasteiger partial charge on any atom is -0.463 e. The Morgan fingerprint density at radius 1 is 1.00 bits per heavy atom. The van der Waals surface area contributed by atoms with Crippen LogP contribution in [0.25, 0.3) is 17.1 Å². The Kier molecular flexibility index (Phi) is 5.74. The molecule has 0 bridgehead atoms. The van der Waals surface area contributed by atoms with E-state index in [0.29, 0.717) is 22.2 Å². The first-order valence-electron chi connectivity index (χ1n) is 9.29. The highest BCUT2D eigenvalue weighted by molar-refractivity contribution is 6.30. The number of nitrogens with zero attached hydrogens (tertiary/aromatic N) is 2. The molecule has 10 heteroatoms. The minimum absolute atomic E-state index is 0.0325. The molecule has 0 spiro atoms. The molecule has 4 aromatic rings. The van der Waals surface area contributed by atoms with Gasteiger partial charge in [-0.2, -0.15) is 5.10 Å². The normalized spacial score (nSPS) is 10.8. The van der Waals surface area contributed by atoms with Gasteiger partial charge in [0, 0.05) is 30.1 Å². The fourth-order valence-electron chi connectivity index (χ4n) is 3.03. The van der Waals surface area contributed by atoms with Gasteiger partial charge in [0.1, 0.15) is 5.69 Å². The Morgan fingerprint density at radius 2 is 1.72 bits per heavy atom. The van der Waals surface area contributed by atoms with Crippen molar-refractivity contribution in [2.75, 3.05) is 10.6 Å². The standard InChI is InChI=1S/C22H15ClF2N4O3/c1-12(30)26-17-9-15(24)16(25)10-18(17)27-22(31)19-11-20(21-6-3-7-32-21)29(28-19)14-5-2-4-13(23)8-14/h2-11H,1H3,(H,26,30)(H,27,31). The fourth-order valence-corrected chi connectivity index (χ4v) is 3.21. The topological polar surface area (TPSA) is 89.2 Å². The number of anilines is 2.